The van der Waals surface area contributed by atoms with Crippen molar-refractivity contribution in [1.29, 1.82) is 0 Å². The molecule has 2 rings (SSSR count). The average molecular weight is 320 g/mol. The summed E-state index contributed by atoms with van der Waals surface area (Å²) in [5, 5.41) is 0. The first-order valence-corrected chi connectivity index (χ1v) is 6.78. The van der Waals surface area contributed by atoms with E-state index in [-0.39, 0.29) is 19.6 Å². The number of methoxy groups -OCH3 is 1. The van der Waals surface area contributed by atoms with Gasteiger partial charge >= 0.3 is 0 Å². The first-order chi connectivity index (χ1) is 10.5. The fourth-order valence-corrected chi connectivity index (χ4v) is 2.38. The molecule has 1 aliphatic rings. The van der Waals surface area contributed by atoms with E-state index in [1.54, 1.807) is 0 Å². The van der Waals surface area contributed by atoms with Gasteiger partial charge in [-0.15, -0.1) is 0 Å². The molecule has 1 aromatic rings. The Labute approximate surface area is 125 Å². The molecule has 0 spiro atoms. The van der Waals surface area contributed by atoms with E-state index in [9.17, 15) is 22.4 Å². The minimum atomic E-state index is -1.47. The zero-order valence-corrected chi connectivity index (χ0v) is 12.0. The molecule has 0 radical (unpaired) electrons. The predicted octanol–water partition coefficient (Wildman–Crippen LogP) is 1.84. The quantitative estimate of drug-likeness (QED) is 0.627. The maximum atomic E-state index is 14.1. The van der Waals surface area contributed by atoms with Gasteiger partial charge < -0.3 is 9.64 Å². The molecule has 0 unspecified atom stereocenters. The van der Waals surface area contributed by atoms with Crippen LogP contribution in [0.1, 0.15) is 10.4 Å². The SMILES string of the molecule is COc1c(F)c(F)cc(C(=O)N2CCN(CCF)CC2)c1F. The van der Waals surface area contributed by atoms with E-state index in [1.165, 1.54) is 4.90 Å². The largest absolute Gasteiger partial charge is 0.491 e. The Morgan fingerprint density at radius 3 is 2.36 bits per heavy atom. The van der Waals surface area contributed by atoms with Crippen molar-refractivity contribution in [3.63, 3.8) is 0 Å². The predicted molar refractivity (Wildman–Crippen MR) is 71.2 cm³/mol. The van der Waals surface area contributed by atoms with Gasteiger partial charge in [-0.05, 0) is 6.07 Å². The van der Waals surface area contributed by atoms with E-state index >= 15 is 0 Å². The van der Waals surface area contributed by atoms with Crippen molar-refractivity contribution in [2.24, 2.45) is 0 Å². The van der Waals surface area contributed by atoms with E-state index in [2.05, 4.69) is 4.74 Å². The molecule has 22 heavy (non-hydrogen) atoms. The molecular formula is C14H16F4N2O2. The van der Waals surface area contributed by atoms with Crippen LogP contribution in [0, 0.1) is 17.5 Å². The van der Waals surface area contributed by atoms with Crippen LogP contribution in [-0.4, -0.2) is 62.2 Å². The van der Waals surface area contributed by atoms with Crippen molar-refractivity contribution in [2.45, 2.75) is 0 Å². The Bertz CT molecular complexity index is 560. The van der Waals surface area contributed by atoms with E-state index in [1.807, 2.05) is 4.90 Å². The Balaban J connectivity index is 2.19. The number of halogens is 4. The molecule has 1 saturated heterocycles. The Kier molecular flexibility index (Phi) is 5.23. The van der Waals surface area contributed by atoms with Crippen LogP contribution in [0.25, 0.3) is 0 Å². The number of piperazine rings is 1. The molecule has 1 aliphatic heterocycles. The normalized spacial score (nSPS) is 16.0. The first-order valence-electron chi connectivity index (χ1n) is 6.78. The molecule has 8 heteroatoms. The minimum Gasteiger partial charge on any atom is -0.491 e. The molecule has 4 nitrogen and oxygen atoms in total. The van der Waals surface area contributed by atoms with Gasteiger partial charge in [-0.2, -0.15) is 4.39 Å². The van der Waals surface area contributed by atoms with Gasteiger partial charge in [0.25, 0.3) is 5.91 Å². The second-order valence-electron chi connectivity index (χ2n) is 4.89. The Morgan fingerprint density at radius 1 is 1.18 bits per heavy atom. The van der Waals surface area contributed by atoms with Gasteiger partial charge in [0.05, 0.1) is 12.7 Å². The number of carbonyl (C=O) groups excluding carboxylic acids is 1. The molecule has 0 N–H and O–H groups in total. The summed E-state index contributed by atoms with van der Waals surface area (Å²) in [6.07, 6.45) is 0. The lowest BCUT2D eigenvalue weighted by molar-refractivity contribution is 0.0624. The van der Waals surface area contributed by atoms with Crippen molar-refractivity contribution >= 4 is 5.91 Å². The highest BCUT2D eigenvalue weighted by Crippen LogP contribution is 2.28. The van der Waals surface area contributed by atoms with Gasteiger partial charge in [0.1, 0.15) is 6.67 Å². The van der Waals surface area contributed by atoms with Crippen LogP contribution in [0.3, 0.4) is 0 Å². The lowest BCUT2D eigenvalue weighted by Gasteiger charge is -2.34. The number of hydrogen-bond donors (Lipinski definition) is 0. The van der Waals surface area contributed by atoms with Crippen LogP contribution in [-0.2, 0) is 0 Å². The van der Waals surface area contributed by atoms with Gasteiger partial charge in [0.15, 0.2) is 17.4 Å². The van der Waals surface area contributed by atoms with Crippen LogP contribution in [0.5, 0.6) is 5.75 Å². The zero-order chi connectivity index (χ0) is 16.3. The third kappa shape index (κ3) is 3.16. The summed E-state index contributed by atoms with van der Waals surface area (Å²) in [5.74, 6) is -5.70. The van der Waals surface area contributed by atoms with E-state index in [0.29, 0.717) is 19.2 Å². The third-order valence-corrected chi connectivity index (χ3v) is 3.61. The molecule has 0 bridgehead atoms. The van der Waals surface area contributed by atoms with Crippen molar-refractivity contribution in [2.75, 3.05) is 46.5 Å². The molecule has 0 saturated carbocycles. The molecular weight excluding hydrogens is 304 g/mol. The molecule has 0 aliphatic carbocycles. The fraction of sp³-hybridized carbons (Fsp3) is 0.500. The zero-order valence-electron chi connectivity index (χ0n) is 12.0. The smallest absolute Gasteiger partial charge is 0.257 e. The van der Waals surface area contributed by atoms with E-state index in [0.717, 1.165) is 7.11 Å². The van der Waals surface area contributed by atoms with Gasteiger partial charge in [-0.25, -0.2) is 13.2 Å². The van der Waals surface area contributed by atoms with Crippen molar-refractivity contribution in [3.8, 4) is 5.75 Å². The lowest BCUT2D eigenvalue weighted by atomic mass is 10.1. The summed E-state index contributed by atoms with van der Waals surface area (Å²) in [4.78, 5) is 15.4. The monoisotopic (exact) mass is 320 g/mol. The summed E-state index contributed by atoms with van der Waals surface area (Å²) in [6, 6.07) is 0.531. The topological polar surface area (TPSA) is 32.8 Å². The number of rotatable bonds is 4. The van der Waals surface area contributed by atoms with Crippen LogP contribution in [0.2, 0.25) is 0 Å². The lowest BCUT2D eigenvalue weighted by Crippen LogP contribution is -2.49. The van der Waals surface area contributed by atoms with E-state index < -0.39 is 41.3 Å². The maximum Gasteiger partial charge on any atom is 0.257 e. The standard InChI is InChI=1S/C14H16F4N2O2/c1-22-13-11(17)9(8-10(16)12(13)18)14(21)20-6-4-19(3-2-15)5-7-20/h8H,2-7H2,1H3. The summed E-state index contributed by atoms with van der Waals surface area (Å²) < 4.78 is 57.6. The number of carbonyl (C=O) groups is 1. The molecule has 1 fully saturated rings. The number of ether oxygens (including phenoxy) is 1. The number of hydrogen-bond acceptors (Lipinski definition) is 3. The van der Waals surface area contributed by atoms with Gasteiger partial charge in [-0.3, -0.25) is 9.69 Å². The molecule has 0 aromatic heterocycles. The van der Waals surface area contributed by atoms with Gasteiger partial charge in [0.2, 0.25) is 5.82 Å². The second-order valence-corrected chi connectivity index (χ2v) is 4.89. The molecule has 122 valence electrons. The van der Waals surface area contributed by atoms with E-state index in [4.69, 9.17) is 0 Å². The maximum absolute atomic E-state index is 14.1. The van der Waals surface area contributed by atoms with Crippen molar-refractivity contribution < 1.29 is 27.1 Å². The summed E-state index contributed by atoms with van der Waals surface area (Å²) in [5.41, 5.74) is -0.574. The Morgan fingerprint density at radius 2 is 1.82 bits per heavy atom. The highest BCUT2D eigenvalue weighted by atomic mass is 19.2. The molecule has 1 aromatic carbocycles. The third-order valence-electron chi connectivity index (χ3n) is 3.61. The van der Waals surface area contributed by atoms with Crippen LogP contribution in [0.15, 0.2) is 6.07 Å². The average Bonchev–Trinajstić information content (AvgIpc) is 2.52. The van der Waals surface area contributed by atoms with Crippen molar-refractivity contribution in [3.05, 3.63) is 29.1 Å². The van der Waals surface area contributed by atoms with Crippen LogP contribution < -0.4 is 4.74 Å². The van der Waals surface area contributed by atoms with Gasteiger partial charge in [0, 0.05) is 32.7 Å². The number of nitrogens with zero attached hydrogens (tertiary/aromatic N) is 2. The van der Waals surface area contributed by atoms with Crippen molar-refractivity contribution in [1.82, 2.24) is 9.80 Å². The molecule has 0 atom stereocenters. The molecule has 1 amide bonds. The fourth-order valence-electron chi connectivity index (χ4n) is 2.38. The Hall–Kier alpha value is -1.83. The molecule has 1 heterocycles. The number of alkyl halides is 1. The van der Waals surface area contributed by atoms with Gasteiger partial charge in [-0.1, -0.05) is 0 Å². The summed E-state index contributed by atoms with van der Waals surface area (Å²) >= 11 is 0. The summed E-state index contributed by atoms with van der Waals surface area (Å²) in [6.45, 7) is 1.20. The second kappa shape index (κ2) is 6.95. The highest BCUT2D eigenvalue weighted by molar-refractivity contribution is 5.95. The van der Waals surface area contributed by atoms with Crippen LogP contribution in [0.4, 0.5) is 17.6 Å². The number of amides is 1. The number of benzene rings is 1. The summed E-state index contributed by atoms with van der Waals surface area (Å²) in [7, 11) is 0.991. The van der Waals surface area contributed by atoms with Crippen LogP contribution >= 0.6 is 0 Å². The highest BCUT2D eigenvalue weighted by Gasteiger charge is 2.28. The first kappa shape index (κ1) is 16.5. The minimum absolute atomic E-state index is 0.263.